The first-order chi connectivity index (χ1) is 20.0. The third-order valence-electron chi connectivity index (χ3n) is 6.73. The molecule has 0 aliphatic rings. The number of rotatable bonds is 15. The molecule has 11 heteroatoms. The van der Waals surface area contributed by atoms with E-state index in [2.05, 4.69) is 5.32 Å². The predicted octanol–water partition coefficient (Wildman–Crippen LogP) is 4.86. The fourth-order valence-corrected chi connectivity index (χ4v) is 6.26. The monoisotopic (exact) mass is 617 g/mol. The predicted molar refractivity (Wildman–Crippen MR) is 166 cm³/mol. The van der Waals surface area contributed by atoms with Crippen molar-refractivity contribution in [3.05, 3.63) is 65.7 Å². The van der Waals surface area contributed by atoms with Crippen molar-refractivity contribution in [2.45, 2.75) is 89.8 Å². The van der Waals surface area contributed by atoms with Crippen molar-refractivity contribution in [2.24, 2.45) is 5.92 Å². The lowest BCUT2D eigenvalue weighted by Gasteiger charge is -2.30. The number of hydrogen-bond donors (Lipinski definition) is 2. The Morgan fingerprint density at radius 2 is 1.56 bits per heavy atom. The SMILES string of the molecule is Cc1ccc(S(=O)(=O)N(CC(C)C)[C@@H](CCCCNC(=O)[C@H](Cc2ccccc2)N(C)C(=O)OC(C)(C)C)C(=O)O)cc1. The minimum absolute atomic E-state index is 0.0517. The van der Waals surface area contributed by atoms with Gasteiger partial charge in [-0.3, -0.25) is 14.5 Å². The first kappa shape index (κ1) is 35.8. The maximum Gasteiger partial charge on any atom is 0.410 e. The van der Waals surface area contributed by atoms with Crippen LogP contribution in [0.15, 0.2) is 59.5 Å². The molecule has 0 aromatic heterocycles. The highest BCUT2D eigenvalue weighted by atomic mass is 32.2. The lowest BCUT2D eigenvalue weighted by molar-refractivity contribution is -0.142. The first-order valence-electron chi connectivity index (χ1n) is 14.6. The summed E-state index contributed by atoms with van der Waals surface area (Å²) in [6, 6.07) is 13.6. The number of aryl methyl sites for hydroxylation is 1. The highest BCUT2D eigenvalue weighted by molar-refractivity contribution is 7.89. The summed E-state index contributed by atoms with van der Waals surface area (Å²) in [5, 5.41) is 12.9. The summed E-state index contributed by atoms with van der Waals surface area (Å²) in [6.07, 6.45) is 0.524. The van der Waals surface area contributed by atoms with Crippen LogP contribution in [0.3, 0.4) is 0 Å². The zero-order valence-corrected chi connectivity index (χ0v) is 27.2. The van der Waals surface area contributed by atoms with Gasteiger partial charge in [0, 0.05) is 26.6 Å². The number of hydrogen-bond acceptors (Lipinski definition) is 6. The standard InChI is InChI=1S/C32H47N3O7S/c1-23(2)22-35(43(40,41)26-18-16-24(3)17-19-26)27(30(37)38)15-11-12-20-33-29(36)28(21-25-13-9-8-10-14-25)34(7)31(39)42-32(4,5)6/h8-10,13-14,16-19,23,27-28H,11-12,15,20-22H2,1-7H3,(H,33,36)(H,37,38)/t27-,28-/m0/s1. The number of nitrogens with zero attached hydrogens (tertiary/aromatic N) is 2. The lowest BCUT2D eigenvalue weighted by atomic mass is 10.0. The molecule has 238 valence electrons. The van der Waals surface area contributed by atoms with E-state index in [-0.39, 0.29) is 42.7 Å². The van der Waals surface area contributed by atoms with Gasteiger partial charge in [-0.1, -0.05) is 61.9 Å². The van der Waals surface area contributed by atoms with E-state index >= 15 is 0 Å². The first-order valence-corrected chi connectivity index (χ1v) is 16.1. The molecule has 10 nitrogen and oxygen atoms in total. The van der Waals surface area contributed by atoms with Crippen molar-refractivity contribution in [2.75, 3.05) is 20.1 Å². The molecule has 0 heterocycles. The molecular formula is C32H47N3O7S. The number of ether oxygens (including phenoxy) is 1. The Hall–Kier alpha value is -3.44. The third kappa shape index (κ3) is 11.3. The van der Waals surface area contributed by atoms with E-state index in [1.165, 1.54) is 24.1 Å². The summed E-state index contributed by atoms with van der Waals surface area (Å²) in [5.41, 5.74) is 1.05. The highest BCUT2D eigenvalue weighted by Crippen LogP contribution is 2.23. The Bertz CT molecular complexity index is 1310. The number of carboxylic acid groups (broad SMARTS) is 1. The molecule has 0 saturated carbocycles. The molecule has 0 fully saturated rings. The van der Waals surface area contributed by atoms with E-state index < -0.39 is 39.8 Å². The van der Waals surface area contributed by atoms with Crippen molar-refractivity contribution < 1.29 is 32.6 Å². The van der Waals surface area contributed by atoms with Crippen LogP contribution in [-0.2, 0) is 30.8 Å². The molecule has 0 radical (unpaired) electrons. The minimum Gasteiger partial charge on any atom is -0.480 e. The van der Waals surface area contributed by atoms with Crippen LogP contribution in [0.5, 0.6) is 0 Å². The number of nitrogens with one attached hydrogen (secondary N) is 1. The fraction of sp³-hybridized carbons (Fsp3) is 0.531. The Kier molecular flexibility index (Phi) is 13.2. The average molecular weight is 618 g/mol. The van der Waals surface area contributed by atoms with Crippen molar-refractivity contribution >= 4 is 28.0 Å². The second-order valence-corrected chi connectivity index (χ2v) is 14.1. The van der Waals surface area contributed by atoms with Crippen LogP contribution in [0, 0.1) is 12.8 Å². The second-order valence-electron chi connectivity index (χ2n) is 12.2. The Morgan fingerprint density at radius 3 is 2.09 bits per heavy atom. The quantitative estimate of drug-likeness (QED) is 0.273. The van der Waals surface area contributed by atoms with Crippen LogP contribution in [0.1, 0.15) is 65.0 Å². The van der Waals surface area contributed by atoms with Crippen LogP contribution >= 0.6 is 0 Å². The number of amides is 2. The molecular weight excluding hydrogens is 570 g/mol. The van der Waals surface area contributed by atoms with Gasteiger partial charge in [0.1, 0.15) is 17.7 Å². The summed E-state index contributed by atoms with van der Waals surface area (Å²) < 4.78 is 33.5. The molecule has 2 aromatic rings. The largest absolute Gasteiger partial charge is 0.480 e. The minimum atomic E-state index is -4.05. The molecule has 0 aliphatic heterocycles. The molecule has 0 spiro atoms. The van der Waals surface area contributed by atoms with Gasteiger partial charge in [0.2, 0.25) is 15.9 Å². The van der Waals surface area contributed by atoms with E-state index in [9.17, 15) is 27.9 Å². The van der Waals surface area contributed by atoms with Crippen molar-refractivity contribution in [3.8, 4) is 0 Å². The summed E-state index contributed by atoms with van der Waals surface area (Å²) in [4.78, 5) is 39.7. The number of unbranched alkanes of at least 4 members (excludes halogenated alkanes) is 1. The van der Waals surface area contributed by atoms with Gasteiger partial charge >= 0.3 is 12.1 Å². The van der Waals surface area contributed by atoms with Crippen LogP contribution in [0.25, 0.3) is 0 Å². The van der Waals surface area contributed by atoms with E-state index in [1.54, 1.807) is 32.9 Å². The number of carbonyl (C=O) groups excluding carboxylic acids is 2. The van der Waals surface area contributed by atoms with Crippen LogP contribution in [-0.4, -0.2) is 78.5 Å². The lowest BCUT2D eigenvalue weighted by Crippen LogP contribution is -2.50. The van der Waals surface area contributed by atoms with E-state index in [0.29, 0.717) is 12.8 Å². The van der Waals surface area contributed by atoms with Crippen LogP contribution in [0.2, 0.25) is 0 Å². The Labute approximate surface area is 256 Å². The summed E-state index contributed by atoms with van der Waals surface area (Å²) >= 11 is 0. The van der Waals surface area contributed by atoms with Gasteiger partial charge in [-0.15, -0.1) is 0 Å². The van der Waals surface area contributed by atoms with Gasteiger partial charge in [0.15, 0.2) is 0 Å². The van der Waals surface area contributed by atoms with Crippen LogP contribution < -0.4 is 5.32 Å². The molecule has 0 saturated heterocycles. The van der Waals surface area contributed by atoms with Gasteiger partial charge < -0.3 is 15.2 Å². The molecule has 2 amide bonds. The van der Waals surface area contributed by atoms with Gasteiger partial charge in [0.25, 0.3) is 0 Å². The number of aliphatic carboxylic acids is 1. The number of sulfonamides is 1. The summed E-state index contributed by atoms with van der Waals surface area (Å²) in [5.74, 6) is -1.68. The maximum absolute atomic E-state index is 13.5. The second kappa shape index (κ2) is 15.9. The molecule has 2 rings (SSSR count). The Morgan fingerprint density at radius 1 is 0.953 bits per heavy atom. The third-order valence-corrected chi connectivity index (χ3v) is 8.62. The fourth-order valence-electron chi connectivity index (χ4n) is 4.49. The number of carboxylic acids is 1. The molecule has 0 bridgehead atoms. The molecule has 2 aromatic carbocycles. The Balaban J connectivity index is 2.09. The number of benzene rings is 2. The highest BCUT2D eigenvalue weighted by Gasteiger charge is 2.36. The van der Waals surface area contributed by atoms with Crippen molar-refractivity contribution in [1.29, 1.82) is 0 Å². The molecule has 2 N–H and O–H groups in total. The van der Waals surface area contributed by atoms with E-state index in [4.69, 9.17) is 4.74 Å². The molecule has 2 atom stereocenters. The van der Waals surface area contributed by atoms with E-state index in [1.807, 2.05) is 51.1 Å². The number of carbonyl (C=O) groups is 3. The molecule has 0 aliphatic carbocycles. The smallest absolute Gasteiger partial charge is 0.410 e. The van der Waals surface area contributed by atoms with Crippen molar-refractivity contribution in [1.82, 2.24) is 14.5 Å². The van der Waals surface area contributed by atoms with Gasteiger partial charge in [-0.2, -0.15) is 4.31 Å². The van der Waals surface area contributed by atoms with Crippen LogP contribution in [0.4, 0.5) is 4.79 Å². The maximum atomic E-state index is 13.5. The number of likely N-dealkylation sites (N-methyl/N-ethyl adjacent to an activating group) is 1. The van der Waals surface area contributed by atoms with Gasteiger partial charge in [-0.05, 0) is 70.6 Å². The average Bonchev–Trinajstić information content (AvgIpc) is 2.91. The summed E-state index contributed by atoms with van der Waals surface area (Å²) in [7, 11) is -2.53. The zero-order chi connectivity index (χ0) is 32.4. The van der Waals surface area contributed by atoms with Gasteiger partial charge in [0.05, 0.1) is 4.90 Å². The normalized spacial score (nSPS) is 13.4. The van der Waals surface area contributed by atoms with E-state index in [0.717, 1.165) is 15.4 Å². The van der Waals surface area contributed by atoms with Crippen molar-refractivity contribution in [3.63, 3.8) is 0 Å². The van der Waals surface area contributed by atoms with Gasteiger partial charge in [-0.25, -0.2) is 13.2 Å². The zero-order valence-electron chi connectivity index (χ0n) is 26.4. The molecule has 43 heavy (non-hydrogen) atoms. The molecule has 0 unspecified atom stereocenters. The topological polar surface area (TPSA) is 133 Å². The summed E-state index contributed by atoms with van der Waals surface area (Å²) in [6.45, 7) is 11.1.